The molecule has 0 aliphatic rings. The van der Waals surface area contributed by atoms with E-state index in [0.717, 1.165) is 28.7 Å². The van der Waals surface area contributed by atoms with Gasteiger partial charge in [0.1, 0.15) is 4.99 Å². The van der Waals surface area contributed by atoms with Crippen LogP contribution in [0.1, 0.15) is 18.9 Å². The van der Waals surface area contributed by atoms with Gasteiger partial charge >= 0.3 is 0 Å². The van der Waals surface area contributed by atoms with Gasteiger partial charge in [-0.2, -0.15) is 0 Å². The number of nitrogens with zero attached hydrogens (tertiary/aromatic N) is 1. The highest BCUT2D eigenvalue weighted by Crippen LogP contribution is 2.27. The summed E-state index contributed by atoms with van der Waals surface area (Å²) in [7, 11) is 0. The second-order valence-corrected chi connectivity index (χ2v) is 5.00. The topological polar surface area (TPSA) is 49.5 Å². The van der Waals surface area contributed by atoms with Gasteiger partial charge in [-0.05, 0) is 34.5 Å². The van der Waals surface area contributed by atoms with E-state index in [1.165, 1.54) is 0 Å². The summed E-state index contributed by atoms with van der Waals surface area (Å²) in [4.78, 5) is 2.46. The van der Waals surface area contributed by atoms with Crippen LogP contribution in [0.15, 0.2) is 22.7 Å². The third-order valence-electron chi connectivity index (χ3n) is 2.44. The third-order valence-corrected chi connectivity index (χ3v) is 3.31. The van der Waals surface area contributed by atoms with Crippen LogP contribution >= 0.6 is 28.1 Å². The maximum absolute atomic E-state index is 9.11. The molecule has 1 rings (SSSR count). The van der Waals surface area contributed by atoms with E-state index in [1.807, 2.05) is 18.2 Å². The van der Waals surface area contributed by atoms with Crippen molar-refractivity contribution in [2.75, 3.05) is 24.6 Å². The van der Waals surface area contributed by atoms with Crippen molar-refractivity contribution in [1.29, 1.82) is 0 Å². The summed E-state index contributed by atoms with van der Waals surface area (Å²) in [5, 5.41) is 9.11. The minimum Gasteiger partial charge on any atom is -0.395 e. The highest BCUT2D eigenvalue weighted by atomic mass is 79.9. The lowest BCUT2D eigenvalue weighted by Gasteiger charge is -2.26. The second kappa shape index (κ2) is 6.93. The molecule has 1 aromatic rings. The van der Waals surface area contributed by atoms with E-state index in [-0.39, 0.29) is 6.61 Å². The van der Waals surface area contributed by atoms with Crippen molar-refractivity contribution in [3.63, 3.8) is 0 Å². The van der Waals surface area contributed by atoms with Gasteiger partial charge in [-0.15, -0.1) is 0 Å². The Kier molecular flexibility index (Phi) is 5.88. The zero-order valence-electron chi connectivity index (χ0n) is 9.82. The fourth-order valence-electron chi connectivity index (χ4n) is 1.76. The summed E-state index contributed by atoms with van der Waals surface area (Å²) >= 11 is 8.54. The number of thiocarbonyl (C=S) groups is 1. The van der Waals surface area contributed by atoms with Crippen molar-refractivity contribution < 1.29 is 5.11 Å². The van der Waals surface area contributed by atoms with Gasteiger partial charge in [0, 0.05) is 28.8 Å². The molecule has 0 saturated carbocycles. The van der Waals surface area contributed by atoms with Gasteiger partial charge in [0.25, 0.3) is 0 Å². The summed E-state index contributed by atoms with van der Waals surface area (Å²) in [5.74, 6) is 0. The highest BCUT2D eigenvalue weighted by Gasteiger charge is 2.14. The Labute approximate surface area is 116 Å². The van der Waals surface area contributed by atoms with Crippen LogP contribution in [0.5, 0.6) is 0 Å². The van der Waals surface area contributed by atoms with E-state index in [2.05, 4.69) is 27.8 Å². The molecule has 3 nitrogen and oxygen atoms in total. The molecule has 0 heterocycles. The molecule has 5 heteroatoms. The molecule has 0 aliphatic carbocycles. The lowest BCUT2D eigenvalue weighted by Crippen LogP contribution is -2.30. The first-order valence-corrected chi connectivity index (χ1v) is 6.76. The minimum atomic E-state index is 0.114. The van der Waals surface area contributed by atoms with Crippen LogP contribution in [0, 0.1) is 0 Å². The normalized spacial score (nSPS) is 10.3. The van der Waals surface area contributed by atoms with Crippen molar-refractivity contribution in [2.45, 2.75) is 13.3 Å². The molecule has 3 N–H and O–H groups in total. The Bertz CT molecular complexity index is 392. The zero-order valence-corrected chi connectivity index (χ0v) is 12.2. The molecular weight excluding hydrogens is 300 g/mol. The van der Waals surface area contributed by atoms with Crippen LogP contribution < -0.4 is 10.6 Å². The van der Waals surface area contributed by atoms with Gasteiger partial charge in [-0.3, -0.25) is 0 Å². The Hall–Kier alpha value is -0.650. The van der Waals surface area contributed by atoms with Gasteiger partial charge in [0.2, 0.25) is 0 Å². The first kappa shape index (κ1) is 14.4. The van der Waals surface area contributed by atoms with Gasteiger partial charge < -0.3 is 15.7 Å². The molecule has 1 aromatic carbocycles. The lowest BCUT2D eigenvalue weighted by molar-refractivity contribution is 0.302. The number of hydrogen-bond donors (Lipinski definition) is 2. The smallest absolute Gasteiger partial charge is 0.107 e. The summed E-state index contributed by atoms with van der Waals surface area (Å²) in [5.41, 5.74) is 7.57. The average Bonchev–Trinajstić information content (AvgIpc) is 2.28. The standard InChI is InChI=1S/C12H17BrN2OS/c1-2-6-15(7-8-16)10-5-3-4-9(13)11(10)12(14)17/h3-5,16H,2,6-8H2,1H3,(H2,14,17). The van der Waals surface area contributed by atoms with Crippen molar-refractivity contribution >= 4 is 38.8 Å². The molecule has 0 aliphatic heterocycles. The first-order chi connectivity index (χ1) is 8.11. The molecule has 0 unspecified atom stereocenters. The number of anilines is 1. The molecule has 0 radical (unpaired) electrons. The predicted molar refractivity (Wildman–Crippen MR) is 79.6 cm³/mol. The monoisotopic (exact) mass is 316 g/mol. The van der Waals surface area contributed by atoms with Crippen LogP contribution in [0.4, 0.5) is 5.69 Å². The quantitative estimate of drug-likeness (QED) is 0.791. The van der Waals surface area contributed by atoms with E-state index in [1.54, 1.807) is 0 Å². The molecule has 0 aromatic heterocycles. The van der Waals surface area contributed by atoms with E-state index in [0.29, 0.717) is 11.5 Å². The first-order valence-electron chi connectivity index (χ1n) is 5.56. The molecule has 94 valence electrons. The summed E-state index contributed by atoms with van der Waals surface area (Å²) in [6, 6.07) is 5.84. The van der Waals surface area contributed by atoms with E-state index >= 15 is 0 Å². The van der Waals surface area contributed by atoms with Crippen molar-refractivity contribution in [2.24, 2.45) is 5.73 Å². The SMILES string of the molecule is CCCN(CCO)c1cccc(Br)c1C(N)=S. The van der Waals surface area contributed by atoms with Gasteiger partial charge in [0.15, 0.2) is 0 Å². The number of halogens is 1. The number of hydrogen-bond acceptors (Lipinski definition) is 3. The predicted octanol–water partition coefficient (Wildman–Crippen LogP) is 2.29. The van der Waals surface area contributed by atoms with Crippen LogP contribution in [-0.4, -0.2) is 29.8 Å². The van der Waals surface area contributed by atoms with Crippen molar-refractivity contribution in [1.82, 2.24) is 0 Å². The summed E-state index contributed by atoms with van der Waals surface area (Å²) in [6.07, 6.45) is 1.00. The maximum atomic E-state index is 9.11. The van der Waals surface area contributed by atoms with Crippen LogP contribution in [-0.2, 0) is 0 Å². The molecule has 0 bridgehead atoms. The molecule has 0 atom stereocenters. The lowest BCUT2D eigenvalue weighted by atomic mass is 10.1. The fraction of sp³-hybridized carbons (Fsp3) is 0.417. The molecular formula is C12H17BrN2OS. The largest absolute Gasteiger partial charge is 0.395 e. The Morgan fingerprint density at radius 3 is 2.71 bits per heavy atom. The number of aliphatic hydroxyl groups excluding tert-OH is 1. The summed E-state index contributed by atoms with van der Waals surface area (Å²) < 4.78 is 0.890. The summed E-state index contributed by atoms with van der Waals surface area (Å²) in [6.45, 7) is 3.67. The third kappa shape index (κ3) is 3.66. The number of nitrogens with two attached hydrogens (primary N) is 1. The zero-order chi connectivity index (χ0) is 12.8. The van der Waals surface area contributed by atoms with Gasteiger partial charge in [-0.25, -0.2) is 0 Å². The fourth-order valence-corrected chi connectivity index (χ4v) is 2.68. The van der Waals surface area contributed by atoms with Gasteiger partial charge in [-0.1, -0.05) is 25.2 Å². The maximum Gasteiger partial charge on any atom is 0.107 e. The van der Waals surface area contributed by atoms with E-state index < -0.39 is 0 Å². The Balaban J connectivity index is 3.17. The molecule has 0 spiro atoms. The number of rotatable bonds is 6. The van der Waals surface area contributed by atoms with Crippen molar-refractivity contribution in [3.05, 3.63) is 28.2 Å². The van der Waals surface area contributed by atoms with Crippen LogP contribution in [0.25, 0.3) is 0 Å². The van der Waals surface area contributed by atoms with Crippen LogP contribution in [0.3, 0.4) is 0 Å². The highest BCUT2D eigenvalue weighted by molar-refractivity contribution is 9.10. The van der Waals surface area contributed by atoms with Crippen molar-refractivity contribution in [3.8, 4) is 0 Å². The number of aliphatic hydroxyl groups is 1. The average molecular weight is 317 g/mol. The van der Waals surface area contributed by atoms with Crippen LogP contribution in [0.2, 0.25) is 0 Å². The molecule has 0 saturated heterocycles. The Morgan fingerprint density at radius 1 is 1.47 bits per heavy atom. The Morgan fingerprint density at radius 2 is 2.18 bits per heavy atom. The minimum absolute atomic E-state index is 0.114. The van der Waals surface area contributed by atoms with E-state index in [4.69, 9.17) is 23.1 Å². The molecule has 0 fully saturated rings. The van der Waals surface area contributed by atoms with Gasteiger partial charge in [0.05, 0.1) is 6.61 Å². The number of benzene rings is 1. The second-order valence-electron chi connectivity index (χ2n) is 3.71. The molecule has 17 heavy (non-hydrogen) atoms. The van der Waals surface area contributed by atoms with E-state index in [9.17, 15) is 0 Å². The molecule has 0 amide bonds.